The molecule has 6 heteroatoms. The minimum Gasteiger partial charge on any atom is -0.346 e. The third kappa shape index (κ3) is 3.24. The van der Waals surface area contributed by atoms with Crippen LogP contribution in [0.2, 0.25) is 0 Å². The molecule has 0 saturated heterocycles. The second kappa shape index (κ2) is 6.63. The summed E-state index contributed by atoms with van der Waals surface area (Å²) in [6.07, 6.45) is 0. The quantitative estimate of drug-likeness (QED) is 0.668. The highest BCUT2D eigenvalue weighted by Crippen LogP contribution is 2.21. The molecule has 0 unspecified atom stereocenters. The predicted octanol–water partition coefficient (Wildman–Crippen LogP) is 3.53. The molecule has 25 heavy (non-hydrogen) atoms. The van der Waals surface area contributed by atoms with Gasteiger partial charge in [0.2, 0.25) is 5.82 Å². The van der Waals surface area contributed by atoms with Crippen LogP contribution in [0.4, 0.5) is 0 Å². The van der Waals surface area contributed by atoms with E-state index in [1.54, 1.807) is 0 Å². The molecule has 2 aromatic heterocycles. The van der Waals surface area contributed by atoms with Crippen LogP contribution in [0.15, 0.2) is 30.3 Å². The summed E-state index contributed by atoms with van der Waals surface area (Å²) in [5, 5.41) is 12.5. The maximum atomic E-state index is 12.7. The number of aromatic nitrogens is 5. The lowest BCUT2D eigenvalue weighted by atomic mass is 10.1. The van der Waals surface area contributed by atoms with Crippen LogP contribution >= 0.6 is 0 Å². The van der Waals surface area contributed by atoms with Crippen LogP contribution in [-0.2, 0) is 6.54 Å². The molecule has 6 nitrogen and oxygen atoms in total. The molecule has 0 aliphatic carbocycles. The van der Waals surface area contributed by atoms with Gasteiger partial charge in [-0.2, -0.15) is 4.80 Å². The van der Waals surface area contributed by atoms with Gasteiger partial charge in [-0.3, -0.25) is 4.79 Å². The number of rotatable bonds is 5. The maximum absolute atomic E-state index is 12.7. The Morgan fingerprint density at radius 2 is 1.88 bits per heavy atom. The number of aryl methyl sites for hydroxylation is 2. The smallest absolute Gasteiger partial charge is 0.205 e. The fraction of sp³-hybridized carbons (Fsp3) is 0.368. The molecule has 0 fully saturated rings. The molecule has 3 aromatic rings. The van der Waals surface area contributed by atoms with Crippen LogP contribution in [0.25, 0.3) is 11.4 Å². The van der Waals surface area contributed by atoms with Crippen LogP contribution < -0.4 is 0 Å². The normalized spacial score (nSPS) is 11.3. The van der Waals surface area contributed by atoms with E-state index in [-0.39, 0.29) is 12.3 Å². The van der Waals surface area contributed by atoms with Gasteiger partial charge >= 0.3 is 0 Å². The Balaban J connectivity index is 1.83. The first-order chi connectivity index (χ1) is 11.9. The van der Waals surface area contributed by atoms with Crippen molar-refractivity contribution in [2.24, 2.45) is 0 Å². The molecule has 0 radical (unpaired) electrons. The molecule has 0 N–H and O–H groups in total. The van der Waals surface area contributed by atoms with E-state index in [0.29, 0.717) is 11.9 Å². The topological polar surface area (TPSA) is 65.6 Å². The molecule has 0 amide bonds. The zero-order valence-corrected chi connectivity index (χ0v) is 15.3. The summed E-state index contributed by atoms with van der Waals surface area (Å²) < 4.78 is 2.17. The van der Waals surface area contributed by atoms with Crippen LogP contribution in [0, 0.1) is 20.8 Å². The molecule has 0 bridgehead atoms. The molecule has 0 aliphatic rings. The Hall–Kier alpha value is -2.76. The van der Waals surface area contributed by atoms with E-state index in [2.05, 4.69) is 33.8 Å². The monoisotopic (exact) mass is 337 g/mol. The molecule has 1 aromatic carbocycles. The first-order valence-electron chi connectivity index (χ1n) is 8.44. The number of tetrazole rings is 1. The number of benzene rings is 1. The highest BCUT2D eigenvalue weighted by Gasteiger charge is 2.18. The highest BCUT2D eigenvalue weighted by atomic mass is 16.1. The minimum absolute atomic E-state index is 0.00580. The second-order valence-electron chi connectivity index (χ2n) is 6.63. The van der Waals surface area contributed by atoms with Gasteiger partial charge in [-0.15, -0.1) is 10.2 Å². The average Bonchev–Trinajstić information content (AvgIpc) is 3.12. The second-order valence-corrected chi connectivity index (χ2v) is 6.63. The van der Waals surface area contributed by atoms with Crippen molar-refractivity contribution in [3.8, 4) is 11.4 Å². The van der Waals surface area contributed by atoms with Crippen LogP contribution in [-0.4, -0.2) is 30.6 Å². The minimum atomic E-state index is -0.00580. The number of Topliss-reactive ketones (excluding diaryl/α,β-unsaturated/α-hetero) is 1. The van der Waals surface area contributed by atoms with Crippen molar-refractivity contribution in [2.45, 2.75) is 47.2 Å². The Morgan fingerprint density at radius 3 is 2.52 bits per heavy atom. The molecule has 130 valence electrons. The summed E-state index contributed by atoms with van der Waals surface area (Å²) in [7, 11) is 0. The number of hydrogen-bond donors (Lipinski definition) is 0. The first kappa shape index (κ1) is 17.1. The lowest BCUT2D eigenvalue weighted by Crippen LogP contribution is -2.14. The predicted molar refractivity (Wildman–Crippen MR) is 96.6 cm³/mol. The third-order valence-electron chi connectivity index (χ3n) is 4.43. The summed E-state index contributed by atoms with van der Waals surface area (Å²) in [6, 6.07) is 10.1. The van der Waals surface area contributed by atoms with E-state index >= 15 is 0 Å². The molecular weight excluding hydrogens is 314 g/mol. The highest BCUT2D eigenvalue weighted by molar-refractivity contribution is 5.97. The van der Waals surface area contributed by atoms with Crippen molar-refractivity contribution in [1.82, 2.24) is 24.8 Å². The molecule has 3 rings (SSSR count). The van der Waals surface area contributed by atoms with Gasteiger partial charge in [-0.05, 0) is 51.5 Å². The van der Waals surface area contributed by atoms with Crippen LogP contribution in [0.1, 0.15) is 47.2 Å². The lowest BCUT2D eigenvalue weighted by molar-refractivity contribution is 0.0960. The largest absolute Gasteiger partial charge is 0.346 e. The molecule has 0 saturated carbocycles. The molecule has 2 heterocycles. The van der Waals surface area contributed by atoms with Gasteiger partial charge in [0.25, 0.3) is 0 Å². The Kier molecular flexibility index (Phi) is 4.53. The lowest BCUT2D eigenvalue weighted by Gasteiger charge is -2.13. The molecule has 0 aliphatic heterocycles. The van der Waals surface area contributed by atoms with E-state index in [1.165, 1.54) is 4.80 Å². The summed E-state index contributed by atoms with van der Waals surface area (Å²) in [4.78, 5) is 14.1. The summed E-state index contributed by atoms with van der Waals surface area (Å²) in [6.45, 7) is 10.3. The summed E-state index contributed by atoms with van der Waals surface area (Å²) >= 11 is 0. The summed E-state index contributed by atoms with van der Waals surface area (Å²) in [5.74, 6) is 0.535. The van der Waals surface area contributed by atoms with Crippen molar-refractivity contribution in [1.29, 1.82) is 0 Å². The van der Waals surface area contributed by atoms with E-state index in [0.717, 1.165) is 28.1 Å². The van der Waals surface area contributed by atoms with Gasteiger partial charge in [0.1, 0.15) is 6.54 Å². The van der Waals surface area contributed by atoms with Crippen molar-refractivity contribution in [2.75, 3.05) is 0 Å². The number of nitrogens with zero attached hydrogens (tertiary/aromatic N) is 5. The Bertz CT molecular complexity index is 920. The summed E-state index contributed by atoms with van der Waals surface area (Å²) in [5.41, 5.74) is 4.80. The van der Waals surface area contributed by atoms with E-state index < -0.39 is 0 Å². The van der Waals surface area contributed by atoms with Gasteiger partial charge in [0, 0.05) is 28.6 Å². The maximum Gasteiger partial charge on any atom is 0.205 e. The first-order valence-corrected chi connectivity index (χ1v) is 8.44. The van der Waals surface area contributed by atoms with Crippen LogP contribution in [0.3, 0.4) is 0 Å². The van der Waals surface area contributed by atoms with Crippen LogP contribution in [0.5, 0.6) is 0 Å². The number of carbonyl (C=O) groups is 1. The van der Waals surface area contributed by atoms with Gasteiger partial charge in [0.05, 0.1) is 0 Å². The van der Waals surface area contributed by atoms with Gasteiger partial charge in [-0.25, -0.2) is 0 Å². The van der Waals surface area contributed by atoms with E-state index in [9.17, 15) is 4.79 Å². The Morgan fingerprint density at radius 1 is 1.16 bits per heavy atom. The van der Waals surface area contributed by atoms with Crippen molar-refractivity contribution < 1.29 is 4.79 Å². The van der Waals surface area contributed by atoms with Crippen molar-refractivity contribution in [3.63, 3.8) is 0 Å². The van der Waals surface area contributed by atoms with Gasteiger partial charge < -0.3 is 4.57 Å². The van der Waals surface area contributed by atoms with Crippen molar-refractivity contribution >= 4 is 5.78 Å². The zero-order chi connectivity index (χ0) is 18.1. The number of carbonyl (C=O) groups excluding carboxylic acids is 1. The zero-order valence-electron chi connectivity index (χ0n) is 15.3. The fourth-order valence-electron chi connectivity index (χ4n) is 3.31. The fourth-order valence-corrected chi connectivity index (χ4v) is 3.31. The van der Waals surface area contributed by atoms with E-state index in [1.807, 2.05) is 51.1 Å². The molecular formula is C19H23N5O. The van der Waals surface area contributed by atoms with E-state index in [4.69, 9.17) is 0 Å². The molecule has 0 spiro atoms. The number of hydrogen-bond acceptors (Lipinski definition) is 4. The SMILES string of the molecule is Cc1ccccc1-c1nnn(CC(=O)c2cc(C)n(C(C)C)c2C)n1. The Labute approximate surface area is 147 Å². The van der Waals surface area contributed by atoms with Gasteiger partial charge in [0.15, 0.2) is 5.78 Å². The third-order valence-corrected chi connectivity index (χ3v) is 4.43. The number of ketones is 1. The standard InChI is InChI=1S/C19H23N5O/c1-12(2)24-14(4)10-17(15(24)5)18(25)11-23-21-19(20-22-23)16-9-7-6-8-13(16)3/h6-10,12H,11H2,1-5H3. The molecule has 0 atom stereocenters. The average molecular weight is 337 g/mol. The van der Waals surface area contributed by atoms with Crippen molar-refractivity contribution in [3.05, 3.63) is 52.8 Å². The van der Waals surface area contributed by atoms with Gasteiger partial charge in [-0.1, -0.05) is 24.3 Å².